The maximum Gasteiger partial charge on any atom is 0.410 e. The predicted octanol–water partition coefficient (Wildman–Crippen LogP) is 4.77. The number of piperidine rings is 1. The molecule has 0 radical (unpaired) electrons. The number of ether oxygens (including phenoxy) is 2. The molecule has 3 fully saturated rings. The minimum Gasteiger partial charge on any atom is -0.496 e. The van der Waals surface area contributed by atoms with Gasteiger partial charge in [0.15, 0.2) is 5.82 Å². The summed E-state index contributed by atoms with van der Waals surface area (Å²) in [6.07, 6.45) is 1.81. The lowest BCUT2D eigenvalue weighted by Gasteiger charge is -2.54. The van der Waals surface area contributed by atoms with Crippen molar-refractivity contribution in [1.82, 2.24) is 35.2 Å². The van der Waals surface area contributed by atoms with E-state index < -0.39 is 17.3 Å². The van der Waals surface area contributed by atoms with Crippen LogP contribution in [0.1, 0.15) is 61.1 Å². The second-order valence-electron chi connectivity index (χ2n) is 14.6. The summed E-state index contributed by atoms with van der Waals surface area (Å²) in [6.45, 7) is 11.5. The number of methoxy groups -OCH3 is 1. The molecule has 0 saturated carbocycles. The molecular formula is C37H45FN8O4. The molecule has 4 aromatic rings. The van der Waals surface area contributed by atoms with Crippen LogP contribution in [0.4, 0.5) is 15.0 Å². The maximum atomic E-state index is 13.8. The van der Waals surface area contributed by atoms with Crippen molar-refractivity contribution in [2.45, 2.75) is 63.8 Å². The highest BCUT2D eigenvalue weighted by molar-refractivity contribution is 6.00. The van der Waals surface area contributed by atoms with Gasteiger partial charge in [0.25, 0.3) is 5.91 Å². The lowest BCUT2D eigenvalue weighted by atomic mass is 9.89. The first-order valence-electron chi connectivity index (χ1n) is 17.3. The number of aromatic nitrogens is 3. The smallest absolute Gasteiger partial charge is 0.410 e. The molecule has 3 aliphatic heterocycles. The maximum absolute atomic E-state index is 13.8. The summed E-state index contributed by atoms with van der Waals surface area (Å²) in [6, 6.07) is 14.7. The van der Waals surface area contributed by atoms with Crippen molar-refractivity contribution >= 4 is 28.7 Å². The molecule has 2 amide bonds. The Morgan fingerprint density at radius 2 is 1.70 bits per heavy atom. The SMILES string of the molecule is COc1ccc(F)cc1C(=O)NCc1ccc(-c2nc(C3CCN(C4CN(C5CN(C(=O)OC(C)(C)C)C5)C4)CC3)cc3[nH]nc(N)c23)cc1. The van der Waals surface area contributed by atoms with Gasteiger partial charge in [-0.3, -0.25) is 24.7 Å². The number of likely N-dealkylation sites (tertiary alicyclic amines) is 3. The molecule has 4 N–H and O–H groups in total. The standard InChI is InChI=1S/C37H45FN8O4/c1-37(2,3)50-36(48)46-20-27(21-46)45-18-26(19-45)44-13-11-23(12-14-44)29-16-30-32(34(39)43-42-30)33(41-29)24-7-5-22(6-8-24)17-40-35(47)28-15-25(38)9-10-31(28)49-4/h5-10,15-16,23,26-27H,11-14,17-21H2,1-4H3,(H,40,47)(H3,39,42,43). The van der Waals surface area contributed by atoms with Crippen LogP contribution >= 0.6 is 0 Å². The number of nitrogens with two attached hydrogens (primary N) is 1. The Hall–Kier alpha value is -4.75. The zero-order valence-electron chi connectivity index (χ0n) is 29.0. The van der Waals surface area contributed by atoms with Crippen LogP contribution in [0, 0.1) is 5.82 Å². The number of halogens is 1. The van der Waals surface area contributed by atoms with Crippen molar-refractivity contribution in [3.8, 4) is 17.0 Å². The third-order valence-corrected chi connectivity index (χ3v) is 10.1. The lowest BCUT2D eigenvalue weighted by molar-refractivity contribution is -0.0612. The second-order valence-corrected chi connectivity index (χ2v) is 14.6. The number of nitrogen functional groups attached to an aromatic ring is 1. The molecule has 3 saturated heterocycles. The number of anilines is 1. The summed E-state index contributed by atoms with van der Waals surface area (Å²) in [4.78, 5) is 37.1. The van der Waals surface area contributed by atoms with E-state index in [-0.39, 0.29) is 18.2 Å². The number of carbonyl (C=O) groups excluding carboxylic acids is 2. The number of fused-ring (bicyclic) bond motifs is 1. The molecule has 0 spiro atoms. The first-order chi connectivity index (χ1) is 24.0. The normalized spacial score (nSPS) is 18.1. The van der Waals surface area contributed by atoms with Gasteiger partial charge < -0.3 is 25.4 Å². The quantitative estimate of drug-likeness (QED) is 0.239. The van der Waals surface area contributed by atoms with Crippen molar-refractivity contribution in [3.05, 3.63) is 71.2 Å². The number of benzene rings is 2. The Kier molecular flexibility index (Phi) is 9.12. The predicted molar refractivity (Wildman–Crippen MR) is 188 cm³/mol. The Morgan fingerprint density at radius 3 is 2.38 bits per heavy atom. The van der Waals surface area contributed by atoms with Gasteiger partial charge in [-0.15, -0.1) is 0 Å². The summed E-state index contributed by atoms with van der Waals surface area (Å²) in [5, 5.41) is 11.0. The first-order valence-corrected chi connectivity index (χ1v) is 17.3. The topological polar surface area (TPSA) is 142 Å². The Balaban J connectivity index is 0.953. The number of nitrogens with zero attached hydrogens (tertiary/aromatic N) is 5. The van der Waals surface area contributed by atoms with Crippen LogP contribution in [0.3, 0.4) is 0 Å². The fraction of sp³-hybridized carbons (Fsp3) is 0.459. The van der Waals surface area contributed by atoms with Gasteiger partial charge >= 0.3 is 6.09 Å². The van der Waals surface area contributed by atoms with E-state index in [1.54, 1.807) is 4.90 Å². The van der Waals surface area contributed by atoms with E-state index in [1.807, 2.05) is 45.0 Å². The fourth-order valence-corrected chi connectivity index (χ4v) is 7.16. The minimum absolute atomic E-state index is 0.144. The van der Waals surface area contributed by atoms with Gasteiger partial charge in [0.2, 0.25) is 0 Å². The van der Waals surface area contributed by atoms with E-state index in [4.69, 9.17) is 20.2 Å². The van der Waals surface area contributed by atoms with Crippen molar-refractivity contribution in [3.63, 3.8) is 0 Å². The zero-order valence-corrected chi connectivity index (χ0v) is 29.0. The highest BCUT2D eigenvalue weighted by Gasteiger charge is 2.43. The lowest BCUT2D eigenvalue weighted by Crippen LogP contribution is -2.70. The Bertz CT molecular complexity index is 1870. The molecule has 12 nitrogen and oxygen atoms in total. The van der Waals surface area contributed by atoms with E-state index in [2.05, 4.69) is 31.4 Å². The van der Waals surface area contributed by atoms with Gasteiger partial charge in [-0.25, -0.2) is 9.18 Å². The Morgan fingerprint density at radius 1 is 1.00 bits per heavy atom. The highest BCUT2D eigenvalue weighted by Crippen LogP contribution is 2.36. The largest absolute Gasteiger partial charge is 0.496 e. The number of amides is 2. The van der Waals surface area contributed by atoms with Gasteiger partial charge in [-0.1, -0.05) is 24.3 Å². The molecule has 50 heavy (non-hydrogen) atoms. The second kappa shape index (κ2) is 13.5. The average Bonchev–Trinajstić information content (AvgIpc) is 3.43. The van der Waals surface area contributed by atoms with Gasteiger partial charge in [0.05, 0.1) is 29.3 Å². The number of aromatic amines is 1. The number of hydrogen-bond acceptors (Lipinski definition) is 9. The van der Waals surface area contributed by atoms with Crippen LogP contribution in [0.5, 0.6) is 5.75 Å². The van der Waals surface area contributed by atoms with Crippen LogP contribution in [-0.4, -0.2) is 106 Å². The highest BCUT2D eigenvalue weighted by atomic mass is 19.1. The van der Waals surface area contributed by atoms with Crippen molar-refractivity contribution in [1.29, 1.82) is 0 Å². The van der Waals surface area contributed by atoms with E-state index in [0.717, 1.165) is 85.5 Å². The minimum atomic E-state index is -0.505. The van der Waals surface area contributed by atoms with E-state index >= 15 is 0 Å². The number of rotatable bonds is 8. The number of H-pyrrole nitrogens is 1. The first kappa shape index (κ1) is 33.7. The number of nitrogens with one attached hydrogen (secondary N) is 2. The zero-order chi connectivity index (χ0) is 35.2. The molecular weight excluding hydrogens is 639 g/mol. The molecule has 2 aromatic carbocycles. The van der Waals surface area contributed by atoms with Gasteiger partial charge in [-0.05, 0) is 76.5 Å². The van der Waals surface area contributed by atoms with Gasteiger partial charge in [-0.2, -0.15) is 5.10 Å². The Labute approximate surface area is 291 Å². The molecule has 13 heteroatoms. The van der Waals surface area contributed by atoms with Crippen molar-refractivity contribution in [2.75, 3.05) is 52.1 Å². The summed E-state index contributed by atoms with van der Waals surface area (Å²) in [5.74, 6) is 0.108. The average molecular weight is 685 g/mol. The van der Waals surface area contributed by atoms with Crippen LogP contribution in [0.15, 0.2) is 48.5 Å². The van der Waals surface area contributed by atoms with Crippen LogP contribution in [0.2, 0.25) is 0 Å². The molecule has 0 atom stereocenters. The number of pyridine rings is 1. The molecule has 0 bridgehead atoms. The van der Waals surface area contributed by atoms with Gasteiger partial charge in [0.1, 0.15) is 17.2 Å². The molecule has 3 aliphatic rings. The summed E-state index contributed by atoms with van der Waals surface area (Å²) < 4.78 is 24.5. The molecule has 264 valence electrons. The van der Waals surface area contributed by atoms with Crippen molar-refractivity contribution < 1.29 is 23.5 Å². The monoisotopic (exact) mass is 684 g/mol. The molecule has 0 unspecified atom stereocenters. The third kappa shape index (κ3) is 6.97. The van der Waals surface area contributed by atoms with E-state index in [9.17, 15) is 14.0 Å². The number of hydrogen-bond donors (Lipinski definition) is 3. The summed E-state index contributed by atoms with van der Waals surface area (Å²) in [5.41, 5.74) is 10.4. The van der Waals surface area contributed by atoms with Crippen molar-refractivity contribution in [2.24, 2.45) is 0 Å². The summed E-state index contributed by atoms with van der Waals surface area (Å²) in [7, 11) is 1.45. The van der Waals surface area contributed by atoms with E-state index in [1.165, 1.54) is 25.3 Å². The van der Waals surface area contributed by atoms with Crippen LogP contribution < -0.4 is 15.8 Å². The van der Waals surface area contributed by atoms with Gasteiger partial charge in [0, 0.05) is 62.0 Å². The third-order valence-electron chi connectivity index (χ3n) is 10.1. The fourth-order valence-electron chi connectivity index (χ4n) is 7.16. The van der Waals surface area contributed by atoms with Crippen LogP contribution in [0.25, 0.3) is 22.2 Å². The molecule has 2 aromatic heterocycles. The van der Waals surface area contributed by atoms with Crippen LogP contribution in [-0.2, 0) is 11.3 Å². The number of carbonyl (C=O) groups is 2. The molecule has 0 aliphatic carbocycles. The molecule has 5 heterocycles. The molecule has 7 rings (SSSR count). The van der Waals surface area contributed by atoms with E-state index in [0.29, 0.717) is 29.6 Å². The summed E-state index contributed by atoms with van der Waals surface area (Å²) >= 11 is 0.